The molecule has 0 saturated carbocycles. The normalized spacial score (nSPS) is 14.3. The highest BCUT2D eigenvalue weighted by atomic mass is 79.9. The van der Waals surface area contributed by atoms with Gasteiger partial charge in [0.1, 0.15) is 12.4 Å². The number of ether oxygens (including phenoxy) is 3. The summed E-state index contributed by atoms with van der Waals surface area (Å²) >= 11 is 10.5. The first kappa shape index (κ1) is 23.8. The van der Waals surface area contributed by atoms with Gasteiger partial charge in [-0.15, -0.1) is 0 Å². The molecule has 1 aliphatic heterocycles. The molecule has 2 aromatic carbocycles. The number of nitrogens with zero attached hydrogens (tertiary/aromatic N) is 1. The molecule has 1 aliphatic rings. The molecule has 0 spiro atoms. The molecule has 1 atom stereocenters. The molecule has 0 bridgehead atoms. The lowest BCUT2D eigenvalue weighted by atomic mass is 9.90. The van der Waals surface area contributed by atoms with Gasteiger partial charge >= 0.3 is 5.97 Å². The molecule has 0 saturated heterocycles. The number of fused-ring (bicyclic) bond motifs is 2. The molecular weight excluding hydrogens is 508 g/mol. The maximum atomic E-state index is 13.0. The van der Waals surface area contributed by atoms with Crippen molar-refractivity contribution >= 4 is 50.1 Å². The second kappa shape index (κ2) is 9.12. The molecule has 1 aromatic heterocycles. The largest absolute Gasteiger partial charge is 0.490 e. The van der Waals surface area contributed by atoms with Crippen LogP contribution in [0.1, 0.15) is 38.1 Å². The Labute approximate surface area is 206 Å². The Morgan fingerprint density at radius 1 is 1.27 bits per heavy atom. The van der Waals surface area contributed by atoms with Gasteiger partial charge in [-0.25, -0.2) is 4.79 Å². The van der Waals surface area contributed by atoms with Crippen molar-refractivity contribution in [1.82, 2.24) is 4.98 Å². The molecular formula is C25H26BrClN2O4. The van der Waals surface area contributed by atoms with E-state index in [1.54, 1.807) is 0 Å². The minimum atomic E-state index is -0.984. The van der Waals surface area contributed by atoms with Crippen LogP contribution in [-0.4, -0.2) is 36.8 Å². The maximum Gasteiger partial charge on any atom is 0.339 e. The van der Waals surface area contributed by atoms with E-state index >= 15 is 0 Å². The fraction of sp³-hybridized carbons (Fsp3) is 0.360. The first-order valence-electron chi connectivity index (χ1n) is 10.7. The molecule has 0 amide bonds. The number of esters is 1. The fourth-order valence-electron chi connectivity index (χ4n) is 4.05. The summed E-state index contributed by atoms with van der Waals surface area (Å²) in [5.74, 6) is 0.202. The van der Waals surface area contributed by atoms with Crippen LogP contribution in [0, 0.1) is 6.92 Å². The van der Waals surface area contributed by atoms with Crippen molar-refractivity contribution in [2.75, 3.05) is 25.6 Å². The third-order valence-corrected chi connectivity index (χ3v) is 6.25. The number of nitrogens with one attached hydrogen (secondary N) is 1. The van der Waals surface area contributed by atoms with Gasteiger partial charge < -0.3 is 19.5 Å². The van der Waals surface area contributed by atoms with Gasteiger partial charge in [-0.3, -0.25) is 4.98 Å². The molecule has 0 unspecified atom stereocenters. The SMILES string of the molecule is COC(=O)[C@@H](OC(C)(C)C)c1c(C)nc2cc(Br)ccc2c1-c1ccc2c(c1Cl)NCCO2. The number of hydrogen-bond acceptors (Lipinski definition) is 6. The van der Waals surface area contributed by atoms with Gasteiger partial charge in [0.05, 0.1) is 28.9 Å². The van der Waals surface area contributed by atoms with Crippen molar-refractivity contribution in [2.24, 2.45) is 0 Å². The average molecular weight is 534 g/mol. The molecule has 4 rings (SSSR count). The lowest BCUT2D eigenvalue weighted by molar-refractivity contribution is -0.164. The van der Waals surface area contributed by atoms with Crippen LogP contribution in [0.5, 0.6) is 5.75 Å². The zero-order chi connectivity index (χ0) is 23.9. The van der Waals surface area contributed by atoms with Crippen LogP contribution < -0.4 is 10.1 Å². The third-order valence-electron chi connectivity index (χ3n) is 5.36. The highest BCUT2D eigenvalue weighted by Gasteiger charge is 2.34. The standard InChI is InChI=1S/C25H26BrClN2O4/c1-13-19(23(24(30)31-5)33-25(2,3)4)20(15-7-6-14(26)12-17(15)29-13)16-8-9-18-22(21(16)27)28-10-11-32-18/h6-9,12,23,28H,10-11H2,1-5H3/t23-/m0/s1. The Bertz CT molecular complexity index is 1240. The number of halogens is 2. The van der Waals surface area contributed by atoms with E-state index in [2.05, 4.69) is 21.2 Å². The van der Waals surface area contributed by atoms with E-state index in [0.29, 0.717) is 35.2 Å². The molecule has 3 aromatic rings. The smallest absolute Gasteiger partial charge is 0.339 e. The number of hydrogen-bond donors (Lipinski definition) is 1. The molecule has 33 heavy (non-hydrogen) atoms. The maximum absolute atomic E-state index is 13.0. The Kier molecular flexibility index (Phi) is 6.58. The van der Waals surface area contributed by atoms with Crippen molar-refractivity contribution in [3.05, 3.63) is 51.1 Å². The topological polar surface area (TPSA) is 69.7 Å². The van der Waals surface area contributed by atoms with Gasteiger partial charge in [-0.05, 0) is 52.0 Å². The van der Waals surface area contributed by atoms with Crippen LogP contribution in [0.25, 0.3) is 22.0 Å². The van der Waals surface area contributed by atoms with Crippen molar-refractivity contribution in [3.63, 3.8) is 0 Å². The van der Waals surface area contributed by atoms with E-state index in [1.165, 1.54) is 7.11 Å². The van der Waals surface area contributed by atoms with E-state index in [0.717, 1.165) is 32.2 Å². The molecule has 1 N–H and O–H groups in total. The summed E-state index contributed by atoms with van der Waals surface area (Å²) in [5, 5.41) is 4.70. The van der Waals surface area contributed by atoms with E-state index < -0.39 is 17.7 Å². The lowest BCUT2D eigenvalue weighted by Gasteiger charge is -2.29. The van der Waals surface area contributed by atoms with Crippen LogP contribution in [0.3, 0.4) is 0 Å². The third kappa shape index (κ3) is 4.67. The van der Waals surface area contributed by atoms with Gasteiger partial charge in [0.15, 0.2) is 6.10 Å². The van der Waals surface area contributed by atoms with Gasteiger partial charge in [0, 0.05) is 38.8 Å². The Hall–Kier alpha value is -2.35. The van der Waals surface area contributed by atoms with Crippen LogP contribution >= 0.6 is 27.5 Å². The van der Waals surface area contributed by atoms with Crippen LogP contribution in [0.4, 0.5) is 5.69 Å². The molecule has 2 heterocycles. The zero-order valence-corrected chi connectivity index (χ0v) is 21.6. The van der Waals surface area contributed by atoms with Crippen LogP contribution in [0.2, 0.25) is 5.02 Å². The predicted molar refractivity (Wildman–Crippen MR) is 134 cm³/mol. The van der Waals surface area contributed by atoms with Gasteiger partial charge in [-0.2, -0.15) is 0 Å². The van der Waals surface area contributed by atoms with Crippen LogP contribution in [-0.2, 0) is 14.3 Å². The molecule has 0 radical (unpaired) electrons. The number of carbonyl (C=O) groups is 1. The lowest BCUT2D eigenvalue weighted by Crippen LogP contribution is -2.29. The minimum Gasteiger partial charge on any atom is -0.490 e. The number of anilines is 1. The fourth-order valence-corrected chi connectivity index (χ4v) is 4.71. The number of benzene rings is 2. The summed E-state index contributed by atoms with van der Waals surface area (Å²) in [7, 11) is 1.36. The first-order valence-corrected chi connectivity index (χ1v) is 11.8. The number of methoxy groups -OCH3 is 1. The number of pyridine rings is 1. The summed E-state index contributed by atoms with van der Waals surface area (Å²) in [6.07, 6.45) is -0.984. The van der Waals surface area contributed by atoms with Gasteiger partial charge in [-0.1, -0.05) is 33.6 Å². The molecule has 0 fully saturated rings. The Balaban J connectivity index is 2.08. The number of aromatic nitrogens is 1. The van der Waals surface area contributed by atoms with Crippen molar-refractivity contribution in [2.45, 2.75) is 39.4 Å². The molecule has 174 valence electrons. The molecule has 0 aliphatic carbocycles. The van der Waals surface area contributed by atoms with Gasteiger partial charge in [0.2, 0.25) is 0 Å². The van der Waals surface area contributed by atoms with Crippen molar-refractivity contribution in [1.29, 1.82) is 0 Å². The van der Waals surface area contributed by atoms with E-state index in [-0.39, 0.29) is 0 Å². The molecule has 6 nitrogen and oxygen atoms in total. The zero-order valence-electron chi connectivity index (χ0n) is 19.2. The van der Waals surface area contributed by atoms with Gasteiger partial charge in [0.25, 0.3) is 0 Å². The monoisotopic (exact) mass is 532 g/mol. The molecule has 8 heteroatoms. The highest BCUT2D eigenvalue weighted by molar-refractivity contribution is 9.10. The summed E-state index contributed by atoms with van der Waals surface area (Å²) in [5.41, 5.74) is 3.73. The summed E-state index contributed by atoms with van der Waals surface area (Å²) < 4.78 is 18.0. The minimum absolute atomic E-state index is 0.497. The highest BCUT2D eigenvalue weighted by Crippen LogP contribution is 2.47. The van der Waals surface area contributed by atoms with E-state index in [4.69, 9.17) is 30.8 Å². The Morgan fingerprint density at radius 3 is 2.73 bits per heavy atom. The number of rotatable bonds is 4. The summed E-state index contributed by atoms with van der Waals surface area (Å²) in [4.78, 5) is 17.8. The van der Waals surface area contributed by atoms with Crippen LogP contribution in [0.15, 0.2) is 34.8 Å². The second-order valence-electron chi connectivity index (χ2n) is 8.86. The average Bonchev–Trinajstić information content (AvgIpc) is 2.76. The Morgan fingerprint density at radius 2 is 2.03 bits per heavy atom. The second-order valence-corrected chi connectivity index (χ2v) is 10.1. The summed E-state index contributed by atoms with van der Waals surface area (Å²) in [6.45, 7) is 8.80. The van der Waals surface area contributed by atoms with E-state index in [9.17, 15) is 4.79 Å². The first-order chi connectivity index (χ1) is 15.6. The summed E-state index contributed by atoms with van der Waals surface area (Å²) in [6, 6.07) is 9.67. The number of carbonyl (C=O) groups excluding carboxylic acids is 1. The number of aryl methyl sites for hydroxylation is 1. The quantitative estimate of drug-likeness (QED) is 0.388. The van der Waals surface area contributed by atoms with E-state index in [1.807, 2.05) is 58.0 Å². The van der Waals surface area contributed by atoms with Crippen molar-refractivity contribution in [3.8, 4) is 16.9 Å². The predicted octanol–water partition coefficient (Wildman–Crippen LogP) is 6.46. The van der Waals surface area contributed by atoms with Crippen molar-refractivity contribution < 1.29 is 19.0 Å².